The molecule has 0 aliphatic heterocycles. The molecule has 9 heteroatoms. The van der Waals surface area contributed by atoms with Crippen molar-refractivity contribution in [2.75, 3.05) is 5.32 Å². The molecule has 0 fully saturated rings. The summed E-state index contributed by atoms with van der Waals surface area (Å²) in [6, 6.07) is 16.6. The highest BCUT2D eigenvalue weighted by Crippen LogP contribution is 2.20. The lowest BCUT2D eigenvalue weighted by Gasteiger charge is -2.09. The van der Waals surface area contributed by atoms with Gasteiger partial charge in [0.05, 0.1) is 10.6 Å². The first-order valence-corrected chi connectivity index (χ1v) is 11.0. The lowest BCUT2D eigenvalue weighted by Crippen LogP contribution is -2.23. The molecule has 0 bridgehead atoms. The van der Waals surface area contributed by atoms with Crippen LogP contribution < -0.4 is 10.0 Å². The van der Waals surface area contributed by atoms with Crippen LogP contribution in [-0.4, -0.2) is 14.3 Å². The molecule has 2 N–H and O–H groups in total. The van der Waals surface area contributed by atoms with Crippen LogP contribution in [-0.2, 0) is 16.6 Å². The van der Waals surface area contributed by atoms with E-state index in [1.807, 2.05) is 0 Å². The fourth-order valence-electron chi connectivity index (χ4n) is 2.46. The van der Waals surface area contributed by atoms with Gasteiger partial charge in [-0.15, -0.1) is 0 Å². The van der Waals surface area contributed by atoms with Gasteiger partial charge in [-0.05, 0) is 54.1 Å². The Balaban J connectivity index is 1.64. The fraction of sp³-hybridized carbons (Fsp3) is 0.0500. The summed E-state index contributed by atoms with van der Waals surface area (Å²) in [6.45, 7) is 0.0398. The molecule has 0 heterocycles. The lowest BCUT2D eigenvalue weighted by molar-refractivity contribution is 0.102. The van der Waals surface area contributed by atoms with E-state index in [-0.39, 0.29) is 17.1 Å². The Morgan fingerprint density at radius 1 is 1.03 bits per heavy atom. The second-order valence-corrected chi connectivity index (χ2v) is 9.18. The van der Waals surface area contributed by atoms with Crippen LogP contribution in [0.1, 0.15) is 15.9 Å². The minimum atomic E-state index is -3.72. The molecule has 0 atom stereocenters. The molecule has 0 unspecified atom stereocenters. The average molecular weight is 498 g/mol. The standard InChI is InChI=1S/C20H15BrClFN2O3S/c21-15-8-9-19(18(23)10-15)25-20(26)14-6-4-13(5-7-14)12-24-29(27,28)17-3-1-2-16(22)11-17/h1-11,24H,12H2,(H,25,26). The maximum atomic E-state index is 13.8. The number of carbonyl (C=O) groups is 1. The molecule has 0 spiro atoms. The van der Waals surface area contributed by atoms with Gasteiger partial charge >= 0.3 is 0 Å². The molecule has 1 amide bonds. The second kappa shape index (κ2) is 9.04. The van der Waals surface area contributed by atoms with E-state index in [4.69, 9.17) is 11.6 Å². The molecule has 5 nitrogen and oxygen atoms in total. The summed E-state index contributed by atoms with van der Waals surface area (Å²) in [5.74, 6) is -1.03. The van der Waals surface area contributed by atoms with Crippen molar-refractivity contribution in [2.24, 2.45) is 0 Å². The van der Waals surface area contributed by atoms with Crippen molar-refractivity contribution in [3.05, 3.63) is 93.2 Å². The van der Waals surface area contributed by atoms with E-state index in [2.05, 4.69) is 26.0 Å². The quantitative estimate of drug-likeness (QED) is 0.505. The summed E-state index contributed by atoms with van der Waals surface area (Å²) in [6.07, 6.45) is 0. The lowest BCUT2D eigenvalue weighted by atomic mass is 10.1. The molecule has 150 valence electrons. The predicted molar refractivity (Wildman–Crippen MR) is 114 cm³/mol. The van der Waals surface area contributed by atoms with Crippen LogP contribution in [0.5, 0.6) is 0 Å². The van der Waals surface area contributed by atoms with Crippen molar-refractivity contribution < 1.29 is 17.6 Å². The van der Waals surface area contributed by atoms with E-state index >= 15 is 0 Å². The Labute approximate surface area is 181 Å². The second-order valence-electron chi connectivity index (χ2n) is 6.06. The van der Waals surface area contributed by atoms with E-state index in [1.54, 1.807) is 30.3 Å². The largest absolute Gasteiger partial charge is 0.319 e. The molecule has 0 radical (unpaired) electrons. The maximum Gasteiger partial charge on any atom is 0.255 e. The molecule has 0 aliphatic rings. The molecule has 3 rings (SSSR count). The van der Waals surface area contributed by atoms with Crippen LogP contribution >= 0.6 is 27.5 Å². The summed E-state index contributed by atoms with van der Waals surface area (Å²) in [5.41, 5.74) is 1.03. The number of benzene rings is 3. The van der Waals surface area contributed by atoms with Gasteiger partial charge in [-0.2, -0.15) is 0 Å². The number of hydrogen-bond donors (Lipinski definition) is 2. The highest BCUT2D eigenvalue weighted by molar-refractivity contribution is 9.10. The van der Waals surface area contributed by atoms with Gasteiger partial charge in [-0.1, -0.05) is 45.7 Å². The molecule has 0 aromatic heterocycles. The number of hydrogen-bond acceptors (Lipinski definition) is 3. The average Bonchev–Trinajstić information content (AvgIpc) is 2.69. The van der Waals surface area contributed by atoms with Gasteiger partial charge < -0.3 is 5.32 Å². The van der Waals surface area contributed by atoms with Gasteiger partial charge in [-0.25, -0.2) is 17.5 Å². The van der Waals surface area contributed by atoms with Crippen LogP contribution in [0.3, 0.4) is 0 Å². The van der Waals surface area contributed by atoms with Crippen molar-refractivity contribution in [3.8, 4) is 0 Å². The van der Waals surface area contributed by atoms with Crippen molar-refractivity contribution in [1.82, 2.24) is 4.72 Å². The number of amides is 1. The normalized spacial score (nSPS) is 11.3. The third-order valence-corrected chi connectivity index (χ3v) is 6.10. The van der Waals surface area contributed by atoms with Gasteiger partial charge in [0.1, 0.15) is 5.82 Å². The van der Waals surface area contributed by atoms with Crippen molar-refractivity contribution in [2.45, 2.75) is 11.4 Å². The highest BCUT2D eigenvalue weighted by atomic mass is 79.9. The monoisotopic (exact) mass is 496 g/mol. The molecule has 29 heavy (non-hydrogen) atoms. The van der Waals surface area contributed by atoms with Crippen molar-refractivity contribution >= 4 is 49.1 Å². The molecule has 0 saturated heterocycles. The maximum absolute atomic E-state index is 13.8. The molecular weight excluding hydrogens is 483 g/mol. The van der Waals surface area contributed by atoms with Crippen LogP contribution in [0, 0.1) is 5.82 Å². The first kappa shape index (κ1) is 21.4. The van der Waals surface area contributed by atoms with Crippen LogP contribution in [0.25, 0.3) is 0 Å². The van der Waals surface area contributed by atoms with Gasteiger partial charge in [0.15, 0.2) is 0 Å². The summed E-state index contributed by atoms with van der Waals surface area (Å²) < 4.78 is 41.5. The number of sulfonamides is 1. The SMILES string of the molecule is O=C(Nc1ccc(Br)cc1F)c1ccc(CNS(=O)(=O)c2cccc(Cl)c2)cc1. The minimum absolute atomic E-state index is 0.0398. The molecule has 3 aromatic carbocycles. The van der Waals surface area contributed by atoms with Crippen LogP contribution in [0.4, 0.5) is 10.1 Å². The smallest absolute Gasteiger partial charge is 0.255 e. The van der Waals surface area contributed by atoms with Crippen molar-refractivity contribution in [1.29, 1.82) is 0 Å². The summed E-state index contributed by atoms with van der Waals surface area (Å²) in [4.78, 5) is 12.4. The van der Waals surface area contributed by atoms with Gasteiger partial charge in [0.25, 0.3) is 5.91 Å². The van der Waals surface area contributed by atoms with Crippen LogP contribution in [0.15, 0.2) is 76.1 Å². The highest BCUT2D eigenvalue weighted by Gasteiger charge is 2.14. The molecule has 3 aromatic rings. The Hall–Kier alpha value is -2.26. The van der Waals surface area contributed by atoms with Gasteiger partial charge in [-0.3, -0.25) is 4.79 Å². The first-order valence-electron chi connectivity index (χ1n) is 8.35. The zero-order valence-corrected chi connectivity index (χ0v) is 18.0. The fourth-order valence-corrected chi connectivity index (χ4v) is 4.11. The summed E-state index contributed by atoms with van der Waals surface area (Å²) in [7, 11) is -3.72. The predicted octanol–water partition coefficient (Wildman–Crippen LogP) is 4.97. The summed E-state index contributed by atoms with van der Waals surface area (Å²) in [5, 5.41) is 2.82. The van der Waals surface area contributed by atoms with Gasteiger partial charge in [0.2, 0.25) is 10.0 Å². The molecular formula is C20H15BrClFN2O3S. The minimum Gasteiger partial charge on any atom is -0.319 e. The Morgan fingerprint density at radius 2 is 1.76 bits per heavy atom. The number of halogens is 3. The number of rotatable bonds is 6. The Kier molecular flexibility index (Phi) is 6.69. The zero-order chi connectivity index (χ0) is 21.0. The molecule has 0 aliphatic carbocycles. The Morgan fingerprint density at radius 3 is 2.41 bits per heavy atom. The third kappa shape index (κ3) is 5.63. The van der Waals surface area contributed by atoms with Gasteiger partial charge in [0, 0.05) is 21.6 Å². The zero-order valence-electron chi connectivity index (χ0n) is 14.8. The first-order chi connectivity index (χ1) is 13.7. The number of carbonyl (C=O) groups excluding carboxylic acids is 1. The van der Waals surface area contributed by atoms with E-state index in [0.717, 1.165) is 0 Å². The van der Waals surface area contributed by atoms with E-state index in [0.29, 0.717) is 20.6 Å². The summed E-state index contributed by atoms with van der Waals surface area (Å²) >= 11 is 8.99. The van der Waals surface area contributed by atoms with E-state index < -0.39 is 21.7 Å². The topological polar surface area (TPSA) is 75.3 Å². The van der Waals surface area contributed by atoms with Crippen LogP contribution in [0.2, 0.25) is 5.02 Å². The van der Waals surface area contributed by atoms with Crippen molar-refractivity contribution in [3.63, 3.8) is 0 Å². The number of anilines is 1. The molecule has 0 saturated carbocycles. The third-order valence-electron chi connectivity index (χ3n) is 3.97. The van der Waals surface area contributed by atoms with E-state index in [1.165, 1.54) is 36.4 Å². The number of nitrogens with one attached hydrogen (secondary N) is 2. The Bertz CT molecular complexity index is 1150. The van der Waals surface area contributed by atoms with E-state index in [9.17, 15) is 17.6 Å².